The number of aliphatic hydroxyl groups excluding tert-OH is 3. The highest BCUT2D eigenvalue weighted by Crippen LogP contribution is 2.32. The highest BCUT2D eigenvalue weighted by atomic mass is 16.7. The van der Waals surface area contributed by atoms with Gasteiger partial charge in [0.15, 0.2) is 18.7 Å². The zero-order valence-electron chi connectivity index (χ0n) is 18.0. The maximum absolute atomic E-state index is 11.8. The number of amides is 1. The lowest BCUT2D eigenvalue weighted by atomic mass is 9.90. The standard InChI is InChI=1S/C19H33NO11/c1-8(2)28-12-5-10(6-21)29-19(13(12)20-9(3)23)30-15-14(24)11(7-22)18(27-4)31-16(15)17(25)26/h8,10-16,18-19,21-22,24H,5-7H2,1-4H3,(H,20,23)(H,25,26)/t10?,11?,12?,13?,14?,15-,16?,18+,19-/m0/s1. The zero-order chi connectivity index (χ0) is 23.3. The Morgan fingerprint density at radius 2 is 1.84 bits per heavy atom. The first-order valence-corrected chi connectivity index (χ1v) is 10.2. The maximum Gasteiger partial charge on any atom is 0.335 e. The highest BCUT2D eigenvalue weighted by molar-refractivity contribution is 5.74. The lowest BCUT2D eigenvalue weighted by Gasteiger charge is -2.46. The molecule has 0 aliphatic carbocycles. The van der Waals surface area contributed by atoms with Gasteiger partial charge in [0.1, 0.15) is 12.1 Å². The summed E-state index contributed by atoms with van der Waals surface area (Å²) in [5.74, 6) is -2.79. The van der Waals surface area contributed by atoms with E-state index in [-0.39, 0.29) is 19.1 Å². The Kier molecular flexibility index (Phi) is 9.58. The molecule has 1 amide bonds. The summed E-state index contributed by atoms with van der Waals surface area (Å²) in [7, 11) is 1.26. The van der Waals surface area contributed by atoms with Gasteiger partial charge in [-0.1, -0.05) is 0 Å². The minimum absolute atomic E-state index is 0.212. The van der Waals surface area contributed by atoms with Crippen molar-refractivity contribution >= 4 is 11.9 Å². The van der Waals surface area contributed by atoms with Crippen molar-refractivity contribution in [1.29, 1.82) is 0 Å². The molecule has 9 atom stereocenters. The van der Waals surface area contributed by atoms with E-state index in [0.717, 1.165) is 0 Å². The molecule has 2 rings (SSSR count). The van der Waals surface area contributed by atoms with E-state index in [4.69, 9.17) is 23.7 Å². The summed E-state index contributed by atoms with van der Waals surface area (Å²) in [4.78, 5) is 23.6. The Bertz CT molecular complexity index is 603. The summed E-state index contributed by atoms with van der Waals surface area (Å²) in [6.07, 6.45) is -8.27. The minimum atomic E-state index is -1.64. The van der Waals surface area contributed by atoms with Crippen LogP contribution in [-0.4, -0.2) is 108 Å². The van der Waals surface area contributed by atoms with Gasteiger partial charge in [-0.15, -0.1) is 0 Å². The van der Waals surface area contributed by atoms with Crippen LogP contribution in [0.5, 0.6) is 0 Å². The van der Waals surface area contributed by atoms with Gasteiger partial charge in [-0.2, -0.15) is 0 Å². The van der Waals surface area contributed by atoms with Crippen LogP contribution in [0, 0.1) is 5.92 Å². The van der Waals surface area contributed by atoms with Crippen LogP contribution in [0.2, 0.25) is 0 Å². The Morgan fingerprint density at radius 3 is 2.32 bits per heavy atom. The second-order valence-corrected chi connectivity index (χ2v) is 7.93. The number of aliphatic carboxylic acids is 1. The third kappa shape index (κ3) is 6.33. The van der Waals surface area contributed by atoms with Gasteiger partial charge in [0.05, 0.1) is 43.5 Å². The van der Waals surface area contributed by atoms with Crippen molar-refractivity contribution < 1.29 is 53.7 Å². The lowest BCUT2D eigenvalue weighted by molar-refractivity contribution is -0.326. The molecular formula is C19H33NO11. The van der Waals surface area contributed by atoms with Crippen molar-refractivity contribution in [2.24, 2.45) is 5.92 Å². The average molecular weight is 451 g/mol. The Morgan fingerprint density at radius 1 is 1.16 bits per heavy atom. The van der Waals surface area contributed by atoms with Crippen molar-refractivity contribution in [3.8, 4) is 0 Å². The van der Waals surface area contributed by atoms with Gasteiger partial charge >= 0.3 is 5.97 Å². The van der Waals surface area contributed by atoms with Crippen LogP contribution in [-0.2, 0) is 33.3 Å². The predicted octanol–water partition coefficient (Wildman–Crippen LogP) is -1.80. The summed E-state index contributed by atoms with van der Waals surface area (Å²) in [6, 6.07) is -0.850. The first kappa shape index (κ1) is 25.9. The Hall–Kier alpha value is -1.38. The molecule has 2 aliphatic heterocycles. The number of nitrogens with one attached hydrogen (secondary N) is 1. The lowest BCUT2D eigenvalue weighted by Crippen LogP contribution is -2.64. The monoisotopic (exact) mass is 451 g/mol. The smallest absolute Gasteiger partial charge is 0.335 e. The number of carboxylic acid groups (broad SMARTS) is 1. The zero-order valence-corrected chi connectivity index (χ0v) is 18.0. The van der Waals surface area contributed by atoms with Gasteiger partial charge in [0, 0.05) is 20.5 Å². The number of hydrogen-bond donors (Lipinski definition) is 5. The van der Waals surface area contributed by atoms with Crippen LogP contribution >= 0.6 is 0 Å². The normalized spacial score (nSPS) is 38.8. The minimum Gasteiger partial charge on any atom is -0.479 e. The summed E-state index contributed by atoms with van der Waals surface area (Å²) in [5.41, 5.74) is 0. The molecule has 180 valence electrons. The number of rotatable bonds is 9. The summed E-state index contributed by atoms with van der Waals surface area (Å²) >= 11 is 0. The Balaban J connectivity index is 2.33. The number of hydrogen-bond acceptors (Lipinski definition) is 10. The molecule has 2 aliphatic rings. The third-order valence-corrected chi connectivity index (χ3v) is 5.22. The van der Waals surface area contributed by atoms with Gasteiger partial charge in [-0.05, 0) is 13.8 Å². The second kappa shape index (κ2) is 11.5. The molecule has 0 saturated carbocycles. The number of carboxylic acids is 1. The van der Waals surface area contributed by atoms with Crippen LogP contribution in [0.4, 0.5) is 0 Å². The topological polar surface area (TPSA) is 173 Å². The maximum atomic E-state index is 11.8. The summed E-state index contributed by atoms with van der Waals surface area (Å²) < 4.78 is 27.9. The van der Waals surface area contributed by atoms with Gasteiger partial charge in [0.2, 0.25) is 5.91 Å². The molecule has 12 heteroatoms. The number of methoxy groups -OCH3 is 1. The van der Waals surface area contributed by atoms with Gasteiger partial charge in [0.25, 0.3) is 0 Å². The molecule has 31 heavy (non-hydrogen) atoms. The fourth-order valence-electron chi connectivity index (χ4n) is 3.87. The van der Waals surface area contributed by atoms with Crippen LogP contribution < -0.4 is 5.32 Å². The van der Waals surface area contributed by atoms with E-state index in [1.54, 1.807) is 13.8 Å². The van der Waals surface area contributed by atoms with Crippen molar-refractivity contribution in [3.63, 3.8) is 0 Å². The van der Waals surface area contributed by atoms with Crippen LogP contribution in [0.25, 0.3) is 0 Å². The molecule has 2 fully saturated rings. The third-order valence-electron chi connectivity index (χ3n) is 5.22. The fourth-order valence-corrected chi connectivity index (χ4v) is 3.87. The first-order valence-electron chi connectivity index (χ1n) is 10.2. The molecule has 0 bridgehead atoms. The number of carbonyl (C=O) groups excluding carboxylic acids is 1. The van der Waals surface area contributed by atoms with Crippen molar-refractivity contribution in [1.82, 2.24) is 5.32 Å². The van der Waals surface area contributed by atoms with Crippen LogP contribution in [0.1, 0.15) is 27.2 Å². The van der Waals surface area contributed by atoms with E-state index < -0.39 is 73.5 Å². The summed E-state index contributed by atoms with van der Waals surface area (Å²) in [6.45, 7) is 4.00. The quantitative estimate of drug-likeness (QED) is 0.268. The number of ether oxygens (including phenoxy) is 5. The molecule has 2 saturated heterocycles. The molecular weight excluding hydrogens is 418 g/mol. The molecule has 5 N–H and O–H groups in total. The molecule has 6 unspecified atom stereocenters. The van der Waals surface area contributed by atoms with E-state index in [1.807, 2.05) is 0 Å². The second-order valence-electron chi connectivity index (χ2n) is 7.93. The van der Waals surface area contributed by atoms with E-state index in [9.17, 15) is 30.0 Å². The Labute approximate surface area is 180 Å². The van der Waals surface area contributed by atoms with Gasteiger partial charge < -0.3 is 49.4 Å². The average Bonchev–Trinajstić information content (AvgIpc) is 2.69. The van der Waals surface area contributed by atoms with Crippen molar-refractivity contribution in [2.75, 3.05) is 20.3 Å². The molecule has 0 aromatic rings. The van der Waals surface area contributed by atoms with E-state index in [2.05, 4.69) is 5.32 Å². The van der Waals surface area contributed by atoms with E-state index in [0.29, 0.717) is 0 Å². The molecule has 2 heterocycles. The summed E-state index contributed by atoms with van der Waals surface area (Å²) in [5, 5.41) is 42.3. The van der Waals surface area contributed by atoms with Crippen LogP contribution in [0.15, 0.2) is 0 Å². The van der Waals surface area contributed by atoms with E-state index in [1.165, 1.54) is 14.0 Å². The highest BCUT2D eigenvalue weighted by Gasteiger charge is 2.52. The van der Waals surface area contributed by atoms with Crippen molar-refractivity contribution in [2.45, 2.75) is 82.4 Å². The molecule has 12 nitrogen and oxygen atoms in total. The van der Waals surface area contributed by atoms with Crippen LogP contribution in [0.3, 0.4) is 0 Å². The predicted molar refractivity (Wildman–Crippen MR) is 103 cm³/mol. The SMILES string of the molecule is CO[C@@H]1OC(C(=O)O)[C@@H](O[C@@H]2OC(CO)CC(OC(C)C)C2NC(C)=O)C(O)C1CO. The molecule has 0 spiro atoms. The van der Waals surface area contributed by atoms with Crippen molar-refractivity contribution in [3.05, 3.63) is 0 Å². The fraction of sp³-hybridized carbons (Fsp3) is 0.895. The van der Waals surface area contributed by atoms with Gasteiger partial charge in [-0.3, -0.25) is 4.79 Å². The molecule has 0 aromatic carbocycles. The largest absolute Gasteiger partial charge is 0.479 e. The first-order chi connectivity index (χ1) is 14.6. The van der Waals surface area contributed by atoms with Gasteiger partial charge in [-0.25, -0.2) is 4.79 Å². The molecule has 0 radical (unpaired) electrons. The molecule has 0 aromatic heterocycles. The number of aliphatic hydroxyl groups is 3. The number of carbonyl (C=O) groups is 2. The van der Waals surface area contributed by atoms with E-state index >= 15 is 0 Å².